The van der Waals surface area contributed by atoms with E-state index >= 15 is 0 Å². The van der Waals surface area contributed by atoms with Gasteiger partial charge in [-0.05, 0) is 89.3 Å². The van der Waals surface area contributed by atoms with Gasteiger partial charge in [0.05, 0.1) is 25.4 Å². The van der Waals surface area contributed by atoms with Crippen LogP contribution in [0.15, 0.2) is 48.5 Å². The third-order valence-corrected chi connectivity index (χ3v) is 8.38. The van der Waals surface area contributed by atoms with E-state index < -0.39 is 11.2 Å². The summed E-state index contributed by atoms with van der Waals surface area (Å²) in [6.07, 6.45) is 8.49. The molecule has 0 bridgehead atoms. The molecule has 0 saturated heterocycles. The zero-order valence-electron chi connectivity index (χ0n) is 24.4. The number of hydrogen-bond acceptors (Lipinski definition) is 6. The van der Waals surface area contributed by atoms with Crippen molar-refractivity contribution in [1.82, 2.24) is 9.80 Å². The van der Waals surface area contributed by atoms with Crippen molar-refractivity contribution in [2.75, 3.05) is 55.5 Å². The molecule has 2 aliphatic carbocycles. The highest BCUT2D eigenvalue weighted by molar-refractivity contribution is 5.34. The van der Waals surface area contributed by atoms with Gasteiger partial charge in [-0.3, -0.25) is 0 Å². The molecule has 2 N–H and O–H groups in total. The van der Waals surface area contributed by atoms with E-state index in [1.54, 1.807) is 14.2 Å². The lowest BCUT2D eigenvalue weighted by molar-refractivity contribution is -0.0621. The number of hydrogen-bond donors (Lipinski definition) is 2. The lowest BCUT2D eigenvalue weighted by atomic mass is 9.71. The molecule has 2 saturated carbocycles. The van der Waals surface area contributed by atoms with Gasteiger partial charge in [0.2, 0.25) is 0 Å². The third kappa shape index (κ3) is 7.50. The van der Waals surface area contributed by atoms with E-state index in [-0.39, 0.29) is 0 Å². The Hall–Kier alpha value is -2.12. The average Bonchev–Trinajstić information content (AvgIpc) is 2.91. The van der Waals surface area contributed by atoms with Crippen molar-refractivity contribution in [1.29, 1.82) is 0 Å². The summed E-state index contributed by atoms with van der Waals surface area (Å²) in [5, 5.41) is 22.4. The van der Waals surface area contributed by atoms with Gasteiger partial charge in [0.25, 0.3) is 0 Å². The van der Waals surface area contributed by atoms with E-state index in [9.17, 15) is 10.2 Å². The number of ether oxygens (including phenoxy) is 2. The molecule has 0 spiro atoms. The lowest BCUT2D eigenvalue weighted by Gasteiger charge is -2.41. The Kier molecular flexibility index (Phi) is 11.0. The Morgan fingerprint density at radius 1 is 0.684 bits per heavy atom. The van der Waals surface area contributed by atoms with Crippen LogP contribution in [0, 0.1) is 11.8 Å². The van der Waals surface area contributed by atoms with E-state index in [4.69, 9.17) is 9.47 Å². The van der Waals surface area contributed by atoms with Gasteiger partial charge in [-0.1, -0.05) is 49.9 Å². The van der Waals surface area contributed by atoms with Crippen molar-refractivity contribution in [3.05, 3.63) is 59.7 Å². The fraction of sp³-hybridized carbons (Fsp3) is 0.625. The predicted octanol–water partition coefficient (Wildman–Crippen LogP) is 5.27. The van der Waals surface area contributed by atoms with Crippen molar-refractivity contribution >= 4 is 0 Å². The van der Waals surface area contributed by atoms with Gasteiger partial charge < -0.3 is 29.5 Å². The van der Waals surface area contributed by atoms with Crippen LogP contribution in [0.25, 0.3) is 0 Å². The Labute approximate surface area is 230 Å². The second-order valence-electron chi connectivity index (χ2n) is 11.7. The maximum atomic E-state index is 11.2. The first-order chi connectivity index (χ1) is 18.1. The van der Waals surface area contributed by atoms with Crippen LogP contribution in [-0.4, -0.2) is 75.5 Å². The maximum Gasteiger partial charge on any atom is 0.119 e. The number of methoxy groups -OCH3 is 2. The molecule has 6 nitrogen and oxygen atoms in total. The molecule has 2 fully saturated rings. The normalized spacial score (nSPS) is 27.5. The minimum atomic E-state index is -0.711. The Bertz CT molecular complexity index is 917. The van der Waals surface area contributed by atoms with Crippen LogP contribution in [0.4, 0.5) is 0 Å². The van der Waals surface area contributed by atoms with Crippen molar-refractivity contribution in [3.8, 4) is 11.5 Å². The van der Waals surface area contributed by atoms with Crippen LogP contribution in [0.2, 0.25) is 0 Å². The highest BCUT2D eigenvalue weighted by Crippen LogP contribution is 2.44. The molecule has 0 heterocycles. The minimum Gasteiger partial charge on any atom is -0.497 e. The fourth-order valence-electron chi connectivity index (χ4n) is 6.37. The molecule has 2 aromatic carbocycles. The summed E-state index contributed by atoms with van der Waals surface area (Å²) in [4.78, 5) is 4.34. The van der Waals surface area contributed by atoms with Crippen molar-refractivity contribution in [2.24, 2.45) is 11.8 Å². The van der Waals surface area contributed by atoms with Gasteiger partial charge in [-0.25, -0.2) is 0 Å². The smallest absolute Gasteiger partial charge is 0.119 e. The Balaban J connectivity index is 0.000000211. The van der Waals surface area contributed by atoms with Crippen LogP contribution >= 0.6 is 0 Å². The summed E-state index contributed by atoms with van der Waals surface area (Å²) < 4.78 is 10.6. The summed E-state index contributed by atoms with van der Waals surface area (Å²) in [6.45, 7) is 1.85. The van der Waals surface area contributed by atoms with E-state index in [0.29, 0.717) is 11.8 Å². The SMILES string of the molecule is COc1cccc(C2(O)CCCCC2CN(C)C)c1.COc1cccc(C2(O)CCCCC2CN(C)C)c1. The molecular weight excluding hydrogens is 476 g/mol. The van der Waals surface area contributed by atoms with Crippen molar-refractivity contribution < 1.29 is 19.7 Å². The number of aliphatic hydroxyl groups is 2. The summed E-state index contributed by atoms with van der Waals surface area (Å²) in [5.74, 6) is 2.23. The van der Waals surface area contributed by atoms with Gasteiger partial charge in [0.15, 0.2) is 0 Å². The fourth-order valence-corrected chi connectivity index (χ4v) is 6.37. The monoisotopic (exact) mass is 526 g/mol. The number of benzene rings is 2. The minimum absolute atomic E-state index is 0.295. The molecule has 0 radical (unpaired) electrons. The topological polar surface area (TPSA) is 65.4 Å². The van der Waals surface area contributed by atoms with Gasteiger partial charge in [0.1, 0.15) is 11.5 Å². The summed E-state index contributed by atoms with van der Waals surface area (Å²) >= 11 is 0. The maximum absolute atomic E-state index is 11.2. The second-order valence-corrected chi connectivity index (χ2v) is 11.7. The molecule has 0 aromatic heterocycles. The van der Waals surface area contributed by atoms with Gasteiger partial charge in [0, 0.05) is 24.9 Å². The zero-order valence-corrected chi connectivity index (χ0v) is 24.4. The van der Waals surface area contributed by atoms with Gasteiger partial charge in [-0.2, -0.15) is 0 Å². The first-order valence-corrected chi connectivity index (χ1v) is 14.2. The largest absolute Gasteiger partial charge is 0.497 e. The average molecular weight is 527 g/mol. The summed E-state index contributed by atoms with van der Waals surface area (Å²) in [6, 6.07) is 15.8. The predicted molar refractivity (Wildman–Crippen MR) is 155 cm³/mol. The van der Waals surface area contributed by atoms with E-state index in [2.05, 4.69) is 38.0 Å². The van der Waals surface area contributed by atoms with Crippen LogP contribution in [0.3, 0.4) is 0 Å². The second kappa shape index (κ2) is 13.8. The van der Waals surface area contributed by atoms with Crippen LogP contribution in [0.1, 0.15) is 62.5 Å². The molecule has 38 heavy (non-hydrogen) atoms. The van der Waals surface area contributed by atoms with Gasteiger partial charge >= 0.3 is 0 Å². The van der Waals surface area contributed by atoms with E-state index in [1.807, 2.05) is 48.5 Å². The Morgan fingerprint density at radius 3 is 1.42 bits per heavy atom. The first kappa shape index (κ1) is 30.4. The van der Waals surface area contributed by atoms with Crippen molar-refractivity contribution in [3.63, 3.8) is 0 Å². The number of nitrogens with zero attached hydrogens (tertiary/aromatic N) is 2. The van der Waals surface area contributed by atoms with Crippen LogP contribution in [0.5, 0.6) is 11.5 Å². The summed E-state index contributed by atoms with van der Waals surface area (Å²) in [5.41, 5.74) is 0.575. The highest BCUT2D eigenvalue weighted by atomic mass is 16.5. The molecule has 0 aliphatic heterocycles. The molecule has 2 aliphatic rings. The summed E-state index contributed by atoms with van der Waals surface area (Å²) in [7, 11) is 11.6. The molecule has 4 rings (SSSR count). The standard InChI is InChI=1S/2C16H25NO2/c2*1-17(2)12-14-7-4-5-10-16(14,18)13-8-6-9-15(11-13)19-3/h2*6,8-9,11,14,18H,4-5,7,10,12H2,1-3H3. The van der Waals surface area contributed by atoms with Crippen LogP contribution < -0.4 is 9.47 Å². The molecule has 4 unspecified atom stereocenters. The molecule has 0 amide bonds. The molecule has 212 valence electrons. The molecule has 2 aromatic rings. The van der Waals surface area contributed by atoms with E-state index in [0.717, 1.165) is 74.2 Å². The molecule has 6 heteroatoms. The van der Waals surface area contributed by atoms with Crippen LogP contribution in [-0.2, 0) is 11.2 Å². The highest BCUT2D eigenvalue weighted by Gasteiger charge is 2.41. The van der Waals surface area contributed by atoms with Crippen molar-refractivity contribution in [2.45, 2.75) is 62.6 Å². The lowest BCUT2D eigenvalue weighted by Crippen LogP contribution is -2.43. The number of rotatable bonds is 8. The van der Waals surface area contributed by atoms with Gasteiger partial charge in [-0.15, -0.1) is 0 Å². The third-order valence-electron chi connectivity index (χ3n) is 8.38. The quantitative estimate of drug-likeness (QED) is 0.489. The first-order valence-electron chi connectivity index (χ1n) is 14.2. The molecule has 4 atom stereocenters. The van der Waals surface area contributed by atoms with E-state index in [1.165, 1.54) is 12.8 Å². The Morgan fingerprint density at radius 2 is 1.08 bits per heavy atom. The zero-order chi connectivity index (χ0) is 27.8. The molecular formula is C32H50N2O4.